The normalized spacial score (nSPS) is 12.6. The van der Waals surface area contributed by atoms with E-state index in [1.165, 1.54) is 0 Å². The van der Waals surface area contributed by atoms with Gasteiger partial charge in [-0.2, -0.15) is 0 Å². The van der Waals surface area contributed by atoms with E-state index in [1.54, 1.807) is 12.5 Å². The first-order chi connectivity index (χ1) is 5.25. The molecule has 1 aromatic heterocycles. The predicted molar refractivity (Wildman–Crippen MR) is 45.9 cm³/mol. The van der Waals surface area contributed by atoms with Crippen molar-refractivity contribution in [2.45, 2.75) is 0 Å². The average molecular weight is 348 g/mol. The van der Waals surface area contributed by atoms with E-state index >= 15 is 0 Å². The molecule has 2 nitrogen and oxygen atoms in total. The summed E-state index contributed by atoms with van der Waals surface area (Å²) in [6.45, 7) is 0. The van der Waals surface area contributed by atoms with Crippen LogP contribution in [-0.4, -0.2) is 24.4 Å². The third-order valence-electron chi connectivity index (χ3n) is 0.894. The van der Waals surface area contributed by atoms with Gasteiger partial charge in [-0.1, -0.05) is 0 Å². The topological polar surface area (TPSA) is 17.8 Å². The fourth-order valence-corrected chi connectivity index (χ4v) is 2.66. The molecular formula is C3H5B2I2N2-. The van der Waals surface area contributed by atoms with Crippen molar-refractivity contribution in [3.8, 4) is 0 Å². The van der Waals surface area contributed by atoms with Gasteiger partial charge in [0.05, 0.1) is 0 Å². The van der Waals surface area contributed by atoms with Crippen molar-refractivity contribution in [3.05, 3.63) is 18.7 Å². The summed E-state index contributed by atoms with van der Waals surface area (Å²) >= 11 is 2.15. The van der Waals surface area contributed by atoms with Crippen molar-refractivity contribution in [3.63, 3.8) is 0 Å². The van der Waals surface area contributed by atoms with Crippen molar-refractivity contribution >= 4 is 30.9 Å². The average Bonchev–Trinajstić information content (AvgIpc) is 2.40. The molecule has 9 heavy (non-hydrogen) atoms. The Morgan fingerprint density at radius 2 is 3.11 bits per heavy atom. The summed E-state index contributed by atoms with van der Waals surface area (Å²) in [5.74, 6) is 0. The molecule has 0 aliphatic carbocycles. The van der Waals surface area contributed by atoms with Crippen LogP contribution >= 0.6 is 18.6 Å². The number of rotatable bonds is 3. The maximum absolute atomic E-state index is 7.25. The van der Waals surface area contributed by atoms with E-state index in [0.29, 0.717) is 0 Å². The molecule has 0 atom stereocenters. The molecule has 0 fully saturated rings. The van der Waals surface area contributed by atoms with Crippen LogP contribution in [0.4, 0.5) is 0 Å². The van der Waals surface area contributed by atoms with Crippen LogP contribution in [0.2, 0.25) is 0 Å². The molecule has 0 unspecified atom stereocenters. The fourth-order valence-electron chi connectivity index (χ4n) is 0.458. The van der Waals surface area contributed by atoms with Crippen LogP contribution in [0.25, 0.3) is 0 Å². The second kappa shape index (κ2) is 3.85. The molecule has 0 bridgehead atoms. The summed E-state index contributed by atoms with van der Waals surface area (Å²) in [5.41, 5.74) is 0. The van der Waals surface area contributed by atoms with Gasteiger partial charge in [-0.3, -0.25) is 0 Å². The molecule has 1 aromatic rings. The summed E-state index contributed by atoms with van der Waals surface area (Å²) in [4.78, 5) is 3.88. The zero-order valence-corrected chi connectivity index (χ0v) is 8.85. The summed E-state index contributed by atoms with van der Waals surface area (Å²) in [5, 5.41) is 0. The monoisotopic (exact) mass is 348 g/mol. The van der Waals surface area contributed by atoms with Gasteiger partial charge in [-0.05, 0) is 0 Å². The van der Waals surface area contributed by atoms with Gasteiger partial charge in [0.1, 0.15) is 0 Å². The van der Waals surface area contributed by atoms with Crippen molar-refractivity contribution in [2.24, 2.45) is 0 Å². The van der Waals surface area contributed by atoms with Gasteiger partial charge in [0.25, 0.3) is 0 Å². The van der Waals surface area contributed by atoms with Crippen molar-refractivity contribution in [1.29, 1.82) is 2.67 Å². The van der Waals surface area contributed by atoms with E-state index in [-0.39, 0.29) is 21.6 Å². The number of hydrogen-bond donors (Lipinski definition) is 0. The van der Waals surface area contributed by atoms with E-state index in [0.717, 1.165) is 0 Å². The number of halogens is 2. The quantitative estimate of drug-likeness (QED) is 0.416. The van der Waals surface area contributed by atoms with Gasteiger partial charge < -0.3 is 0 Å². The number of hydrogen-bond acceptors (Lipinski definition) is 1. The maximum atomic E-state index is 7.25. The van der Waals surface area contributed by atoms with Gasteiger partial charge in [0.15, 0.2) is 0 Å². The second-order valence-corrected chi connectivity index (χ2v) is 6.37. The van der Waals surface area contributed by atoms with Gasteiger partial charge >= 0.3 is 78.7 Å². The third-order valence-corrected chi connectivity index (χ3v) is 5.26. The van der Waals surface area contributed by atoms with Crippen molar-refractivity contribution in [1.82, 2.24) is 9.46 Å². The first-order valence-corrected chi connectivity index (χ1v) is 9.85. The molecule has 0 N–H and O–H groups in total. The molecule has 0 aromatic carbocycles. The van der Waals surface area contributed by atoms with Crippen molar-refractivity contribution in [2.75, 3.05) is 0 Å². The molecular weight excluding hydrogens is 339 g/mol. The Morgan fingerprint density at radius 1 is 2.22 bits per heavy atom. The van der Waals surface area contributed by atoms with Gasteiger partial charge in [-0.15, -0.1) is 0 Å². The molecule has 0 spiro atoms. The molecule has 0 radical (unpaired) electrons. The van der Waals surface area contributed by atoms with Crippen LogP contribution in [0.1, 0.15) is 0 Å². The van der Waals surface area contributed by atoms with Crippen LogP contribution in [0.5, 0.6) is 0 Å². The zero-order valence-electron chi connectivity index (χ0n) is 6.54. The summed E-state index contributed by atoms with van der Waals surface area (Å²) in [6, 6.07) is 0. The van der Waals surface area contributed by atoms with Crippen LogP contribution in [-0.2, 0) is 0 Å². The minimum absolute atomic E-state index is 0.0388. The summed E-state index contributed by atoms with van der Waals surface area (Å²) in [6.07, 6.45) is 5.18. The molecule has 0 saturated carbocycles. The number of imidazole rings is 1. The molecule has 48 valence electrons. The summed E-state index contributed by atoms with van der Waals surface area (Å²) in [7, 11) is -0.770. The molecule has 1 heterocycles. The van der Waals surface area contributed by atoms with Crippen molar-refractivity contribution < 1.29 is 17.0 Å². The molecule has 6 heteroatoms. The Balaban J connectivity index is 2.71. The predicted octanol–water partition coefficient (Wildman–Crippen LogP) is -3.21. The van der Waals surface area contributed by atoms with E-state index < -0.39 is 7.66 Å². The Bertz CT molecular complexity index is 207. The molecule has 0 saturated heterocycles. The first kappa shape index (κ1) is 5.45. The molecule has 0 aliphatic rings. The molecule has 0 amide bonds. The Kier molecular flexibility index (Phi) is 2.33. The van der Waals surface area contributed by atoms with E-state index in [9.17, 15) is 0 Å². The van der Waals surface area contributed by atoms with Gasteiger partial charge in [0.2, 0.25) is 0 Å². The fraction of sp³-hybridized carbons (Fsp3) is 0. The van der Waals surface area contributed by atoms with Crippen LogP contribution < -0.4 is 17.0 Å². The van der Waals surface area contributed by atoms with Gasteiger partial charge in [-0.25, -0.2) is 0 Å². The first-order valence-electron chi connectivity index (χ1n) is 3.47. The van der Waals surface area contributed by atoms with E-state index in [4.69, 9.17) is 2.67 Å². The van der Waals surface area contributed by atoms with Crippen LogP contribution in [0, 0.1) is 0 Å². The van der Waals surface area contributed by atoms with E-state index in [2.05, 4.69) is 23.6 Å². The molecule has 0 aliphatic heterocycles. The van der Waals surface area contributed by atoms with E-state index in [1.807, 2.05) is 10.7 Å². The standard InChI is InChI=1S/C3H5B2I2N2/c4-5(7-6)9-2-1-8-3-9/h1-3H,4H2/q-1/i4TD. The van der Waals surface area contributed by atoms with Crippen LogP contribution in [0.3, 0.4) is 0 Å². The third kappa shape index (κ3) is 2.14. The Hall–Kier alpha value is 0.800. The van der Waals surface area contributed by atoms with Crippen LogP contribution in [0.15, 0.2) is 18.7 Å². The summed E-state index contributed by atoms with van der Waals surface area (Å²) < 4.78 is 16.4. The zero-order chi connectivity index (χ0) is 8.27. The second-order valence-electron chi connectivity index (χ2n) is 1.47. The number of aromatic nitrogens is 2. The molecule has 1 rings (SSSR count). The van der Waals surface area contributed by atoms with Gasteiger partial charge in [0, 0.05) is 0 Å². The Labute approximate surface area is 78.2 Å². The number of nitrogens with zero attached hydrogens (tertiary/aromatic N) is 2. The Morgan fingerprint density at radius 3 is 3.56 bits per heavy atom. The minimum atomic E-state index is -0.770. The SMILES string of the molecule is [2H]B([3H])B([I-]I)n1ccnc1.